The van der Waals surface area contributed by atoms with Gasteiger partial charge in [-0.1, -0.05) is 37.8 Å². The van der Waals surface area contributed by atoms with Gasteiger partial charge >= 0.3 is 0 Å². The zero-order valence-electron chi connectivity index (χ0n) is 19.0. The molecular formula is C28H28N4O2. The number of anilines is 2. The minimum atomic E-state index is -0.162. The predicted octanol–water partition coefficient (Wildman–Crippen LogP) is 6.39. The topological polar surface area (TPSA) is 86.9 Å². The maximum absolute atomic E-state index is 12.6. The van der Waals surface area contributed by atoms with Crippen molar-refractivity contribution in [3.8, 4) is 11.3 Å². The van der Waals surface area contributed by atoms with Crippen LogP contribution >= 0.6 is 0 Å². The molecule has 0 saturated heterocycles. The van der Waals surface area contributed by atoms with E-state index in [4.69, 9.17) is 0 Å². The van der Waals surface area contributed by atoms with Crippen molar-refractivity contribution in [2.45, 2.75) is 38.5 Å². The summed E-state index contributed by atoms with van der Waals surface area (Å²) in [7, 11) is 0. The van der Waals surface area contributed by atoms with Crippen LogP contribution in [-0.4, -0.2) is 21.8 Å². The van der Waals surface area contributed by atoms with Crippen molar-refractivity contribution >= 4 is 34.1 Å². The summed E-state index contributed by atoms with van der Waals surface area (Å²) in [5.41, 5.74) is 5.06. The van der Waals surface area contributed by atoms with Gasteiger partial charge in [-0.25, -0.2) is 0 Å². The number of nitrogens with zero attached hydrogens (tertiary/aromatic N) is 1. The molecule has 3 N–H and O–H groups in total. The molecular weight excluding hydrogens is 424 g/mol. The van der Waals surface area contributed by atoms with Gasteiger partial charge in [-0.3, -0.25) is 14.6 Å². The van der Waals surface area contributed by atoms with Gasteiger partial charge in [0.2, 0.25) is 5.91 Å². The molecule has 0 radical (unpaired) electrons. The van der Waals surface area contributed by atoms with Crippen LogP contribution in [-0.2, 0) is 4.79 Å². The van der Waals surface area contributed by atoms with Gasteiger partial charge in [-0.2, -0.15) is 0 Å². The molecule has 0 spiro atoms. The van der Waals surface area contributed by atoms with Gasteiger partial charge in [-0.05, 0) is 66.9 Å². The van der Waals surface area contributed by atoms with Crippen molar-refractivity contribution in [3.63, 3.8) is 0 Å². The minimum Gasteiger partial charge on any atom is -0.355 e. The molecule has 0 unspecified atom stereocenters. The Labute approximate surface area is 198 Å². The first-order valence-corrected chi connectivity index (χ1v) is 11.9. The van der Waals surface area contributed by atoms with Crippen LogP contribution in [0.15, 0.2) is 73.1 Å². The van der Waals surface area contributed by atoms with Crippen LogP contribution in [0.5, 0.6) is 0 Å². The average molecular weight is 453 g/mol. The molecule has 5 rings (SSSR count). The molecule has 2 aromatic heterocycles. The van der Waals surface area contributed by atoms with Crippen molar-refractivity contribution in [1.29, 1.82) is 0 Å². The normalized spacial score (nSPS) is 14.5. The molecule has 6 nitrogen and oxygen atoms in total. The largest absolute Gasteiger partial charge is 0.355 e. The maximum atomic E-state index is 12.6. The standard InChI is InChI=1S/C28H28N4O2/c33-27(20-5-3-1-2-4-6-20)30-23-10-7-19(8-11-23)26-18-22-17-21(9-12-25(22)32-26)28(34)31-24-13-15-29-16-14-24/h7-18,20,32H,1-6H2,(H,30,33)(H,29,31,34). The monoisotopic (exact) mass is 452 g/mol. The number of pyridine rings is 1. The van der Waals surface area contributed by atoms with Crippen LogP contribution in [0.2, 0.25) is 0 Å². The Bertz CT molecular complexity index is 1290. The zero-order valence-corrected chi connectivity index (χ0v) is 19.0. The van der Waals surface area contributed by atoms with E-state index >= 15 is 0 Å². The molecule has 0 bridgehead atoms. The number of rotatable bonds is 5. The summed E-state index contributed by atoms with van der Waals surface area (Å²) in [5.74, 6) is 0.100. The Morgan fingerprint density at radius 2 is 1.50 bits per heavy atom. The van der Waals surface area contributed by atoms with Gasteiger partial charge in [-0.15, -0.1) is 0 Å². The Balaban J connectivity index is 1.28. The third-order valence-corrected chi connectivity index (χ3v) is 6.51. The first-order valence-electron chi connectivity index (χ1n) is 11.9. The number of aromatic nitrogens is 2. The van der Waals surface area contributed by atoms with Gasteiger partial charge in [0.05, 0.1) is 0 Å². The molecule has 2 aromatic carbocycles. The van der Waals surface area contributed by atoms with E-state index in [1.54, 1.807) is 24.5 Å². The molecule has 6 heteroatoms. The summed E-state index contributed by atoms with van der Waals surface area (Å²) in [6.07, 6.45) is 10.0. The highest BCUT2D eigenvalue weighted by Crippen LogP contribution is 2.28. The minimum absolute atomic E-state index is 0.126. The van der Waals surface area contributed by atoms with E-state index in [9.17, 15) is 9.59 Å². The van der Waals surface area contributed by atoms with E-state index in [2.05, 4.69) is 20.6 Å². The fourth-order valence-electron chi connectivity index (χ4n) is 4.59. The number of carbonyl (C=O) groups is 2. The Kier molecular flexibility index (Phi) is 6.38. The molecule has 1 aliphatic carbocycles. The highest BCUT2D eigenvalue weighted by atomic mass is 16.2. The third-order valence-electron chi connectivity index (χ3n) is 6.51. The molecule has 0 atom stereocenters. The first kappa shape index (κ1) is 21.9. The van der Waals surface area contributed by atoms with Crippen LogP contribution in [0.1, 0.15) is 48.9 Å². The number of hydrogen-bond donors (Lipinski definition) is 3. The second-order valence-corrected chi connectivity index (χ2v) is 8.93. The summed E-state index contributed by atoms with van der Waals surface area (Å²) in [4.78, 5) is 32.6. The summed E-state index contributed by atoms with van der Waals surface area (Å²) >= 11 is 0. The van der Waals surface area contributed by atoms with Gasteiger partial charge in [0, 0.05) is 51.8 Å². The molecule has 172 valence electrons. The molecule has 0 aliphatic heterocycles. The lowest BCUT2D eigenvalue weighted by molar-refractivity contribution is -0.120. The number of amides is 2. The number of carbonyl (C=O) groups excluding carboxylic acids is 2. The molecule has 1 saturated carbocycles. The van der Waals surface area contributed by atoms with E-state index in [0.717, 1.165) is 53.5 Å². The van der Waals surface area contributed by atoms with E-state index in [1.807, 2.05) is 48.5 Å². The van der Waals surface area contributed by atoms with Crippen LogP contribution in [0.3, 0.4) is 0 Å². The quantitative estimate of drug-likeness (QED) is 0.307. The Hall–Kier alpha value is -3.93. The van der Waals surface area contributed by atoms with Crippen LogP contribution in [0.4, 0.5) is 11.4 Å². The Morgan fingerprint density at radius 3 is 2.24 bits per heavy atom. The van der Waals surface area contributed by atoms with Crippen molar-refractivity contribution in [2.24, 2.45) is 5.92 Å². The summed E-state index contributed by atoms with van der Waals surface area (Å²) in [5, 5.41) is 6.93. The number of nitrogens with one attached hydrogen (secondary N) is 3. The highest BCUT2D eigenvalue weighted by molar-refractivity contribution is 6.06. The molecule has 4 aromatic rings. The average Bonchev–Trinajstić information content (AvgIpc) is 3.09. The maximum Gasteiger partial charge on any atom is 0.255 e. The molecule has 1 fully saturated rings. The fraction of sp³-hybridized carbons (Fsp3) is 0.250. The van der Waals surface area contributed by atoms with Crippen molar-refractivity contribution in [2.75, 3.05) is 10.6 Å². The van der Waals surface area contributed by atoms with Crippen molar-refractivity contribution < 1.29 is 9.59 Å². The lowest BCUT2D eigenvalue weighted by atomic mass is 9.99. The fourth-order valence-corrected chi connectivity index (χ4v) is 4.59. The van der Waals surface area contributed by atoms with E-state index in [0.29, 0.717) is 11.3 Å². The third kappa shape index (κ3) is 5.01. The van der Waals surface area contributed by atoms with E-state index in [-0.39, 0.29) is 17.7 Å². The molecule has 2 amide bonds. The van der Waals surface area contributed by atoms with Crippen molar-refractivity contribution in [3.05, 3.63) is 78.6 Å². The van der Waals surface area contributed by atoms with Crippen LogP contribution < -0.4 is 10.6 Å². The van der Waals surface area contributed by atoms with Gasteiger partial charge in [0.1, 0.15) is 0 Å². The first-order chi connectivity index (χ1) is 16.7. The van der Waals surface area contributed by atoms with E-state index in [1.165, 1.54) is 12.8 Å². The van der Waals surface area contributed by atoms with Crippen LogP contribution in [0, 0.1) is 5.92 Å². The van der Waals surface area contributed by atoms with Gasteiger partial charge < -0.3 is 15.6 Å². The summed E-state index contributed by atoms with van der Waals surface area (Å²) in [6.45, 7) is 0. The van der Waals surface area contributed by atoms with Crippen LogP contribution in [0.25, 0.3) is 22.2 Å². The molecule has 1 aliphatic rings. The summed E-state index contributed by atoms with van der Waals surface area (Å²) < 4.78 is 0. The summed E-state index contributed by atoms with van der Waals surface area (Å²) in [6, 6.07) is 19.1. The smallest absolute Gasteiger partial charge is 0.255 e. The SMILES string of the molecule is O=C(Nc1ccncc1)c1ccc2[nH]c(-c3ccc(NC(=O)C4CCCCCC4)cc3)cc2c1. The van der Waals surface area contributed by atoms with E-state index < -0.39 is 0 Å². The number of hydrogen-bond acceptors (Lipinski definition) is 3. The second-order valence-electron chi connectivity index (χ2n) is 8.93. The van der Waals surface area contributed by atoms with Gasteiger partial charge in [0.15, 0.2) is 0 Å². The van der Waals surface area contributed by atoms with Crippen molar-refractivity contribution in [1.82, 2.24) is 9.97 Å². The lowest BCUT2D eigenvalue weighted by Crippen LogP contribution is -2.22. The lowest BCUT2D eigenvalue weighted by Gasteiger charge is -2.14. The predicted molar refractivity (Wildman–Crippen MR) is 136 cm³/mol. The second kappa shape index (κ2) is 9.91. The molecule has 34 heavy (non-hydrogen) atoms. The van der Waals surface area contributed by atoms with Gasteiger partial charge in [0.25, 0.3) is 5.91 Å². The zero-order chi connectivity index (χ0) is 23.3. The Morgan fingerprint density at radius 1 is 0.794 bits per heavy atom. The number of fused-ring (bicyclic) bond motifs is 1. The molecule has 2 heterocycles. The number of H-pyrrole nitrogens is 1. The number of aromatic amines is 1. The number of benzene rings is 2. The highest BCUT2D eigenvalue weighted by Gasteiger charge is 2.20.